The normalized spacial score (nSPS) is 10.6. The summed E-state index contributed by atoms with van der Waals surface area (Å²) in [7, 11) is 0. The van der Waals surface area contributed by atoms with Gasteiger partial charge in [-0.25, -0.2) is 4.79 Å². The standard InChI is InChI=1S/C11H20O2.H3N/c1-4-7-9-10(8-5-2)11(12)13-6-3;/h9H,4-8H2,1-3H3;1H3. The van der Waals surface area contributed by atoms with Crippen molar-refractivity contribution < 1.29 is 9.53 Å². The molecule has 0 amide bonds. The van der Waals surface area contributed by atoms with Gasteiger partial charge in [-0.15, -0.1) is 0 Å². The molecule has 14 heavy (non-hydrogen) atoms. The molecule has 0 rings (SSSR count). The highest BCUT2D eigenvalue weighted by Gasteiger charge is 2.07. The SMILES string of the molecule is CCCC=C(CCC)C(=O)OCC.N. The van der Waals surface area contributed by atoms with E-state index in [2.05, 4.69) is 13.8 Å². The average molecular weight is 201 g/mol. The Morgan fingerprint density at radius 2 is 1.86 bits per heavy atom. The molecule has 0 bridgehead atoms. The van der Waals surface area contributed by atoms with Gasteiger partial charge < -0.3 is 10.9 Å². The fourth-order valence-electron chi connectivity index (χ4n) is 1.10. The van der Waals surface area contributed by atoms with Crippen LogP contribution in [0.1, 0.15) is 46.5 Å². The van der Waals surface area contributed by atoms with Crippen molar-refractivity contribution in [2.45, 2.75) is 46.5 Å². The van der Waals surface area contributed by atoms with Gasteiger partial charge in [-0.2, -0.15) is 0 Å². The molecule has 0 fully saturated rings. The predicted octanol–water partition coefficient (Wildman–Crippen LogP) is 3.24. The Kier molecular flexibility index (Phi) is 11.4. The molecule has 3 N–H and O–H groups in total. The van der Waals surface area contributed by atoms with Crippen molar-refractivity contribution in [2.24, 2.45) is 0 Å². The van der Waals surface area contributed by atoms with Crippen molar-refractivity contribution in [3.63, 3.8) is 0 Å². The molecule has 0 aromatic carbocycles. The molecule has 0 radical (unpaired) electrons. The number of ether oxygens (including phenoxy) is 1. The van der Waals surface area contributed by atoms with Crippen molar-refractivity contribution in [3.8, 4) is 0 Å². The van der Waals surface area contributed by atoms with E-state index in [4.69, 9.17) is 4.74 Å². The number of allylic oxidation sites excluding steroid dienone is 1. The van der Waals surface area contributed by atoms with Crippen LogP contribution in [0.25, 0.3) is 0 Å². The summed E-state index contributed by atoms with van der Waals surface area (Å²) < 4.78 is 4.95. The van der Waals surface area contributed by atoms with Gasteiger partial charge in [0.25, 0.3) is 0 Å². The van der Waals surface area contributed by atoms with E-state index < -0.39 is 0 Å². The zero-order chi connectivity index (χ0) is 10.1. The molecule has 0 atom stereocenters. The van der Waals surface area contributed by atoms with Gasteiger partial charge in [0, 0.05) is 5.57 Å². The number of hydrogen-bond donors (Lipinski definition) is 1. The van der Waals surface area contributed by atoms with Gasteiger partial charge >= 0.3 is 5.97 Å². The molecule has 0 unspecified atom stereocenters. The number of unbranched alkanes of at least 4 members (excludes halogenated alkanes) is 1. The lowest BCUT2D eigenvalue weighted by Crippen LogP contribution is -2.07. The van der Waals surface area contributed by atoms with Crippen LogP contribution in [-0.4, -0.2) is 12.6 Å². The lowest BCUT2D eigenvalue weighted by Gasteiger charge is -2.04. The highest BCUT2D eigenvalue weighted by Crippen LogP contribution is 2.09. The summed E-state index contributed by atoms with van der Waals surface area (Å²) in [5, 5.41) is 0. The summed E-state index contributed by atoms with van der Waals surface area (Å²) in [6, 6.07) is 0. The summed E-state index contributed by atoms with van der Waals surface area (Å²) >= 11 is 0. The molecule has 0 saturated carbocycles. The van der Waals surface area contributed by atoms with Gasteiger partial charge in [0.05, 0.1) is 6.61 Å². The molecule has 0 aliphatic heterocycles. The van der Waals surface area contributed by atoms with Crippen molar-refractivity contribution >= 4 is 5.97 Å². The van der Waals surface area contributed by atoms with E-state index in [1.165, 1.54) is 0 Å². The smallest absolute Gasteiger partial charge is 0.333 e. The number of carbonyl (C=O) groups excluding carboxylic acids is 1. The third-order valence-electron chi connectivity index (χ3n) is 1.74. The Balaban J connectivity index is 0. The topological polar surface area (TPSA) is 61.3 Å². The third kappa shape index (κ3) is 6.66. The highest BCUT2D eigenvalue weighted by molar-refractivity contribution is 5.88. The Hall–Kier alpha value is -0.830. The summed E-state index contributed by atoms with van der Waals surface area (Å²) in [5.74, 6) is -0.141. The number of esters is 1. The molecule has 3 nitrogen and oxygen atoms in total. The van der Waals surface area contributed by atoms with E-state index in [1.807, 2.05) is 13.0 Å². The van der Waals surface area contributed by atoms with Gasteiger partial charge in [0.15, 0.2) is 0 Å². The minimum absolute atomic E-state index is 0. The highest BCUT2D eigenvalue weighted by atomic mass is 16.5. The minimum Gasteiger partial charge on any atom is -0.463 e. The quantitative estimate of drug-likeness (QED) is 0.530. The fourth-order valence-corrected chi connectivity index (χ4v) is 1.10. The van der Waals surface area contributed by atoms with Crippen LogP contribution in [0.2, 0.25) is 0 Å². The second-order valence-corrected chi connectivity index (χ2v) is 2.99. The molecule has 0 saturated heterocycles. The first-order valence-electron chi connectivity index (χ1n) is 5.12. The minimum atomic E-state index is -0.141. The van der Waals surface area contributed by atoms with E-state index in [0.717, 1.165) is 31.3 Å². The third-order valence-corrected chi connectivity index (χ3v) is 1.74. The van der Waals surface area contributed by atoms with Gasteiger partial charge in [-0.1, -0.05) is 32.8 Å². The van der Waals surface area contributed by atoms with Gasteiger partial charge in [0.2, 0.25) is 0 Å². The maximum absolute atomic E-state index is 11.3. The summed E-state index contributed by atoms with van der Waals surface area (Å²) in [6.45, 7) is 6.47. The van der Waals surface area contributed by atoms with Crippen LogP contribution in [0, 0.1) is 0 Å². The van der Waals surface area contributed by atoms with Crippen LogP contribution < -0.4 is 6.15 Å². The van der Waals surface area contributed by atoms with Crippen LogP contribution in [0.5, 0.6) is 0 Å². The largest absolute Gasteiger partial charge is 0.463 e. The Labute approximate surface area is 87.1 Å². The fraction of sp³-hybridized carbons (Fsp3) is 0.727. The maximum atomic E-state index is 11.3. The van der Waals surface area contributed by atoms with Crippen molar-refractivity contribution in [3.05, 3.63) is 11.6 Å². The van der Waals surface area contributed by atoms with Gasteiger partial charge in [-0.3, -0.25) is 0 Å². The van der Waals surface area contributed by atoms with Crippen LogP contribution in [-0.2, 0) is 9.53 Å². The molecule has 0 heterocycles. The molecule has 0 aliphatic rings. The first kappa shape index (κ1) is 15.6. The lowest BCUT2D eigenvalue weighted by atomic mass is 10.1. The number of carbonyl (C=O) groups is 1. The van der Waals surface area contributed by atoms with Crippen LogP contribution in [0.3, 0.4) is 0 Å². The number of rotatable bonds is 6. The van der Waals surface area contributed by atoms with Gasteiger partial charge in [-0.05, 0) is 19.8 Å². The monoisotopic (exact) mass is 201 g/mol. The zero-order valence-electron chi connectivity index (χ0n) is 9.64. The summed E-state index contributed by atoms with van der Waals surface area (Å²) in [4.78, 5) is 11.3. The van der Waals surface area contributed by atoms with Crippen LogP contribution in [0.15, 0.2) is 11.6 Å². The van der Waals surface area contributed by atoms with E-state index in [9.17, 15) is 4.79 Å². The van der Waals surface area contributed by atoms with E-state index in [0.29, 0.717) is 6.61 Å². The second kappa shape index (κ2) is 10.3. The molecule has 3 heteroatoms. The van der Waals surface area contributed by atoms with E-state index in [1.54, 1.807) is 0 Å². The summed E-state index contributed by atoms with van der Waals surface area (Å²) in [5.41, 5.74) is 0.839. The molecule has 0 spiro atoms. The van der Waals surface area contributed by atoms with E-state index >= 15 is 0 Å². The van der Waals surface area contributed by atoms with Crippen LogP contribution in [0.4, 0.5) is 0 Å². The Morgan fingerprint density at radius 1 is 1.21 bits per heavy atom. The molecule has 0 aromatic heterocycles. The van der Waals surface area contributed by atoms with Crippen molar-refractivity contribution in [2.75, 3.05) is 6.61 Å². The Morgan fingerprint density at radius 3 is 2.29 bits per heavy atom. The molecule has 84 valence electrons. The summed E-state index contributed by atoms with van der Waals surface area (Å²) in [6.07, 6.45) is 5.87. The van der Waals surface area contributed by atoms with Crippen molar-refractivity contribution in [1.82, 2.24) is 6.15 Å². The maximum Gasteiger partial charge on any atom is 0.333 e. The first-order valence-corrected chi connectivity index (χ1v) is 5.12. The van der Waals surface area contributed by atoms with E-state index in [-0.39, 0.29) is 12.1 Å². The molecular formula is C11H23NO2. The van der Waals surface area contributed by atoms with Crippen LogP contribution >= 0.6 is 0 Å². The molecule has 0 aliphatic carbocycles. The molecular weight excluding hydrogens is 178 g/mol. The Bertz CT molecular complexity index is 176. The zero-order valence-corrected chi connectivity index (χ0v) is 9.64. The number of hydrogen-bond acceptors (Lipinski definition) is 3. The van der Waals surface area contributed by atoms with Crippen molar-refractivity contribution in [1.29, 1.82) is 0 Å². The second-order valence-electron chi connectivity index (χ2n) is 2.99. The lowest BCUT2D eigenvalue weighted by molar-refractivity contribution is -0.138. The van der Waals surface area contributed by atoms with Gasteiger partial charge in [0.1, 0.15) is 0 Å². The first-order chi connectivity index (χ1) is 6.26. The average Bonchev–Trinajstić information content (AvgIpc) is 2.12. The predicted molar refractivity (Wildman–Crippen MR) is 59.6 cm³/mol. The molecule has 0 aromatic rings.